The lowest BCUT2D eigenvalue weighted by atomic mass is 9.74. The van der Waals surface area contributed by atoms with Crippen molar-refractivity contribution in [3.8, 4) is 0 Å². The standard InChI is InChI=1S/C25H31FN2O4/c26-20-9-3-2-8-18(20)23(30)27-14-10-21-17(16-27)7-6-13-28(21)24(31)19-15-22(29)32-25(19)11-4-1-5-12-25/h2-3,8-9,17,19,21H,1,4-7,10-16H2/t17-,19?,21+/m1/s1. The van der Waals surface area contributed by atoms with E-state index in [1.807, 2.05) is 4.90 Å². The predicted molar refractivity (Wildman–Crippen MR) is 115 cm³/mol. The highest BCUT2D eigenvalue weighted by Gasteiger charge is 2.55. The zero-order valence-corrected chi connectivity index (χ0v) is 18.4. The number of benzene rings is 1. The van der Waals surface area contributed by atoms with Gasteiger partial charge in [-0.05, 0) is 63.0 Å². The number of likely N-dealkylation sites (tertiary alicyclic amines) is 2. The van der Waals surface area contributed by atoms with Crippen LogP contribution in [0.3, 0.4) is 0 Å². The molecule has 0 N–H and O–H groups in total. The van der Waals surface area contributed by atoms with Crippen LogP contribution in [0, 0.1) is 17.7 Å². The molecule has 0 radical (unpaired) electrons. The molecule has 0 aromatic heterocycles. The Kier molecular flexibility index (Phi) is 5.68. The Balaban J connectivity index is 1.31. The molecule has 3 atom stereocenters. The van der Waals surface area contributed by atoms with Crippen LogP contribution in [0.2, 0.25) is 0 Å². The third kappa shape index (κ3) is 3.69. The van der Waals surface area contributed by atoms with E-state index < -0.39 is 11.4 Å². The first kappa shape index (κ1) is 21.4. The third-order valence-corrected chi connectivity index (χ3v) is 8.06. The fourth-order valence-corrected chi connectivity index (χ4v) is 6.47. The van der Waals surface area contributed by atoms with Gasteiger partial charge in [0.15, 0.2) is 0 Å². The number of fused-ring (bicyclic) bond motifs is 1. The van der Waals surface area contributed by atoms with Gasteiger partial charge in [0, 0.05) is 25.7 Å². The summed E-state index contributed by atoms with van der Waals surface area (Å²) in [7, 11) is 0. The molecule has 172 valence electrons. The van der Waals surface area contributed by atoms with Gasteiger partial charge in [0.25, 0.3) is 5.91 Å². The van der Waals surface area contributed by atoms with Crippen molar-refractivity contribution in [3.63, 3.8) is 0 Å². The molecule has 6 nitrogen and oxygen atoms in total. The number of halogens is 1. The smallest absolute Gasteiger partial charge is 0.307 e. The maximum Gasteiger partial charge on any atom is 0.307 e. The average molecular weight is 443 g/mol. The minimum Gasteiger partial charge on any atom is -0.458 e. The number of nitrogens with zero attached hydrogens (tertiary/aromatic N) is 2. The first-order valence-electron chi connectivity index (χ1n) is 12.0. The van der Waals surface area contributed by atoms with Crippen molar-refractivity contribution in [1.29, 1.82) is 0 Å². The largest absolute Gasteiger partial charge is 0.458 e. The van der Waals surface area contributed by atoms with Crippen LogP contribution in [-0.4, -0.2) is 58.9 Å². The lowest BCUT2D eigenvalue weighted by Crippen LogP contribution is -2.59. The van der Waals surface area contributed by atoms with E-state index >= 15 is 0 Å². The summed E-state index contributed by atoms with van der Waals surface area (Å²) in [6, 6.07) is 6.17. The van der Waals surface area contributed by atoms with Gasteiger partial charge < -0.3 is 14.5 Å². The quantitative estimate of drug-likeness (QED) is 0.657. The molecule has 3 saturated heterocycles. The van der Waals surface area contributed by atoms with Gasteiger partial charge in [0.2, 0.25) is 5.91 Å². The van der Waals surface area contributed by atoms with Gasteiger partial charge in [0.05, 0.1) is 17.9 Å². The van der Waals surface area contributed by atoms with Crippen LogP contribution in [0.5, 0.6) is 0 Å². The molecule has 32 heavy (non-hydrogen) atoms. The highest BCUT2D eigenvalue weighted by molar-refractivity contribution is 5.94. The zero-order valence-electron chi connectivity index (χ0n) is 18.4. The molecule has 5 rings (SSSR count). The van der Waals surface area contributed by atoms with Gasteiger partial charge in [0.1, 0.15) is 11.4 Å². The Labute approximate surface area is 188 Å². The molecular weight excluding hydrogens is 411 g/mol. The molecule has 3 aliphatic heterocycles. The van der Waals surface area contributed by atoms with Crippen LogP contribution >= 0.6 is 0 Å². The maximum atomic E-state index is 14.1. The normalized spacial score (nSPS) is 29.5. The summed E-state index contributed by atoms with van der Waals surface area (Å²) in [5.74, 6) is -1.17. The van der Waals surface area contributed by atoms with Crippen molar-refractivity contribution in [3.05, 3.63) is 35.6 Å². The number of piperidine rings is 2. The Morgan fingerprint density at radius 1 is 1.03 bits per heavy atom. The van der Waals surface area contributed by atoms with Crippen molar-refractivity contribution in [2.24, 2.45) is 11.8 Å². The molecular formula is C25H31FN2O4. The van der Waals surface area contributed by atoms with Crippen LogP contribution in [0.4, 0.5) is 4.39 Å². The van der Waals surface area contributed by atoms with Gasteiger partial charge in [-0.1, -0.05) is 18.6 Å². The van der Waals surface area contributed by atoms with E-state index in [1.54, 1.807) is 17.0 Å². The topological polar surface area (TPSA) is 66.9 Å². The summed E-state index contributed by atoms with van der Waals surface area (Å²) in [4.78, 5) is 42.6. The van der Waals surface area contributed by atoms with Crippen LogP contribution in [-0.2, 0) is 14.3 Å². The summed E-state index contributed by atoms with van der Waals surface area (Å²) in [6.45, 7) is 1.73. The molecule has 4 fully saturated rings. The fourth-order valence-electron chi connectivity index (χ4n) is 6.47. The summed E-state index contributed by atoms with van der Waals surface area (Å²) in [6.07, 6.45) is 7.37. The van der Waals surface area contributed by atoms with E-state index in [-0.39, 0.29) is 47.6 Å². The van der Waals surface area contributed by atoms with Gasteiger partial charge in [-0.3, -0.25) is 14.4 Å². The van der Waals surface area contributed by atoms with Crippen LogP contribution in [0.15, 0.2) is 24.3 Å². The first-order valence-corrected chi connectivity index (χ1v) is 12.0. The number of esters is 1. The van der Waals surface area contributed by atoms with E-state index in [1.165, 1.54) is 12.1 Å². The molecule has 1 aromatic rings. The Morgan fingerprint density at radius 3 is 2.59 bits per heavy atom. The molecule has 4 aliphatic rings. The molecule has 1 aliphatic carbocycles. The fraction of sp³-hybridized carbons (Fsp3) is 0.640. The number of hydrogen-bond acceptors (Lipinski definition) is 4. The van der Waals surface area contributed by atoms with E-state index in [4.69, 9.17) is 4.74 Å². The summed E-state index contributed by atoms with van der Waals surface area (Å²) in [5, 5.41) is 0. The van der Waals surface area contributed by atoms with Gasteiger partial charge in [-0.25, -0.2) is 4.39 Å². The highest BCUT2D eigenvalue weighted by Crippen LogP contribution is 2.46. The second-order valence-electron chi connectivity index (χ2n) is 9.88. The number of rotatable bonds is 2. The second-order valence-corrected chi connectivity index (χ2v) is 9.88. The van der Waals surface area contributed by atoms with Crippen LogP contribution < -0.4 is 0 Å². The van der Waals surface area contributed by atoms with Crippen molar-refractivity contribution >= 4 is 17.8 Å². The number of hydrogen-bond donors (Lipinski definition) is 0. The minimum atomic E-state index is -0.610. The molecule has 7 heteroatoms. The summed E-state index contributed by atoms with van der Waals surface area (Å²) in [5.41, 5.74) is -0.503. The highest BCUT2D eigenvalue weighted by atomic mass is 19.1. The lowest BCUT2D eigenvalue weighted by Gasteiger charge is -2.49. The Morgan fingerprint density at radius 2 is 1.81 bits per heavy atom. The predicted octanol–water partition coefficient (Wildman–Crippen LogP) is 3.54. The van der Waals surface area contributed by atoms with Crippen LogP contribution in [0.25, 0.3) is 0 Å². The number of ether oxygens (including phenoxy) is 1. The minimum absolute atomic E-state index is 0.0568. The van der Waals surface area contributed by atoms with Gasteiger partial charge >= 0.3 is 5.97 Å². The Hall–Kier alpha value is -2.44. The number of amides is 2. The van der Waals surface area contributed by atoms with Crippen molar-refractivity contribution in [2.45, 2.75) is 69.4 Å². The van der Waals surface area contributed by atoms with Crippen molar-refractivity contribution in [2.75, 3.05) is 19.6 Å². The molecule has 2 amide bonds. The third-order valence-electron chi connectivity index (χ3n) is 8.06. The van der Waals surface area contributed by atoms with E-state index in [2.05, 4.69) is 0 Å². The van der Waals surface area contributed by atoms with Gasteiger partial charge in [-0.15, -0.1) is 0 Å². The molecule has 1 aromatic carbocycles. The van der Waals surface area contributed by atoms with Gasteiger partial charge in [-0.2, -0.15) is 0 Å². The molecule has 1 saturated carbocycles. The van der Waals surface area contributed by atoms with Crippen LogP contribution in [0.1, 0.15) is 68.1 Å². The number of carbonyl (C=O) groups is 3. The lowest BCUT2D eigenvalue weighted by molar-refractivity contribution is -0.158. The van der Waals surface area contributed by atoms with E-state index in [9.17, 15) is 18.8 Å². The molecule has 1 spiro atoms. The SMILES string of the molecule is O=C1CC(C(=O)N2CCC[C@@H]3CN(C(=O)c4ccccc4F)CC[C@@H]32)C2(CCCCC2)O1. The first-order chi connectivity index (χ1) is 15.5. The maximum absolute atomic E-state index is 14.1. The zero-order chi connectivity index (χ0) is 22.3. The molecule has 0 bridgehead atoms. The summed E-state index contributed by atoms with van der Waals surface area (Å²) >= 11 is 0. The van der Waals surface area contributed by atoms with E-state index in [0.29, 0.717) is 26.1 Å². The number of carbonyl (C=O) groups excluding carboxylic acids is 3. The summed E-state index contributed by atoms with van der Waals surface area (Å²) < 4.78 is 19.9. The Bertz CT molecular complexity index is 913. The van der Waals surface area contributed by atoms with Crippen molar-refractivity contribution in [1.82, 2.24) is 9.80 Å². The monoisotopic (exact) mass is 442 g/mol. The van der Waals surface area contributed by atoms with Crippen molar-refractivity contribution < 1.29 is 23.5 Å². The van der Waals surface area contributed by atoms with E-state index in [0.717, 1.165) is 44.9 Å². The average Bonchev–Trinajstić information content (AvgIpc) is 3.13. The second kappa shape index (κ2) is 8.49. The molecule has 1 unspecified atom stereocenters. The molecule has 3 heterocycles.